The summed E-state index contributed by atoms with van der Waals surface area (Å²) >= 11 is 0. The van der Waals surface area contributed by atoms with Crippen LogP contribution in [0.15, 0.2) is 30.5 Å². The molecule has 0 spiro atoms. The van der Waals surface area contributed by atoms with Crippen LogP contribution in [-0.4, -0.2) is 9.55 Å². The quantitative estimate of drug-likeness (QED) is 0.669. The van der Waals surface area contributed by atoms with Gasteiger partial charge in [-0.15, -0.1) is 0 Å². The van der Waals surface area contributed by atoms with E-state index in [4.69, 9.17) is 0 Å². The van der Waals surface area contributed by atoms with Crippen molar-refractivity contribution in [3.8, 4) is 11.3 Å². The van der Waals surface area contributed by atoms with E-state index in [-0.39, 0.29) is 0 Å². The third-order valence-electron chi connectivity index (χ3n) is 2.64. The van der Waals surface area contributed by atoms with Crippen molar-refractivity contribution >= 4 is 0 Å². The monoisotopic (exact) mass is 186 g/mol. The van der Waals surface area contributed by atoms with Gasteiger partial charge in [0.25, 0.3) is 0 Å². The zero-order valence-electron chi connectivity index (χ0n) is 8.78. The lowest BCUT2D eigenvalue weighted by Gasteiger charge is -2.06. The van der Waals surface area contributed by atoms with Gasteiger partial charge in [0.1, 0.15) is 5.82 Å². The Labute approximate surface area is 84.2 Å². The van der Waals surface area contributed by atoms with E-state index in [2.05, 4.69) is 40.7 Å². The van der Waals surface area contributed by atoms with Crippen LogP contribution in [0.4, 0.5) is 0 Å². The van der Waals surface area contributed by atoms with Crippen molar-refractivity contribution in [1.29, 1.82) is 0 Å². The topological polar surface area (TPSA) is 17.8 Å². The molecular weight excluding hydrogens is 172 g/mol. The molecule has 2 aromatic rings. The molecule has 2 heteroatoms. The maximum absolute atomic E-state index is 4.30. The van der Waals surface area contributed by atoms with E-state index in [9.17, 15) is 0 Å². The van der Waals surface area contributed by atoms with Crippen molar-refractivity contribution in [3.63, 3.8) is 0 Å². The number of nitrogens with zero attached hydrogens (tertiary/aromatic N) is 2. The molecule has 0 saturated carbocycles. The second-order valence-electron chi connectivity index (χ2n) is 3.56. The molecule has 0 aliphatic rings. The van der Waals surface area contributed by atoms with Crippen molar-refractivity contribution in [2.24, 2.45) is 7.05 Å². The Morgan fingerprint density at radius 2 is 1.86 bits per heavy atom. The van der Waals surface area contributed by atoms with E-state index in [1.807, 2.05) is 20.2 Å². The lowest BCUT2D eigenvalue weighted by atomic mass is 10.1. The number of hydrogen-bond acceptors (Lipinski definition) is 1. The highest BCUT2D eigenvalue weighted by atomic mass is 15.0. The lowest BCUT2D eigenvalue weighted by Crippen LogP contribution is -1.95. The van der Waals surface area contributed by atoms with Crippen molar-refractivity contribution in [2.45, 2.75) is 13.8 Å². The average molecular weight is 186 g/mol. The molecule has 0 saturated heterocycles. The van der Waals surface area contributed by atoms with Gasteiger partial charge in [0.05, 0.1) is 11.9 Å². The molecule has 0 aliphatic heterocycles. The standard InChI is InChI=1S/C12H14N2/c1-9-6-4-5-7-11(9)12-8-13-10(2)14(12)3/h4-8H,1-3H3. The van der Waals surface area contributed by atoms with Crippen LogP contribution >= 0.6 is 0 Å². The van der Waals surface area contributed by atoms with Crippen LogP contribution in [0, 0.1) is 13.8 Å². The third kappa shape index (κ3) is 1.33. The first kappa shape index (κ1) is 9.00. The van der Waals surface area contributed by atoms with Crippen LogP contribution in [0.25, 0.3) is 11.3 Å². The maximum atomic E-state index is 4.30. The molecule has 72 valence electrons. The highest BCUT2D eigenvalue weighted by Crippen LogP contribution is 2.22. The van der Waals surface area contributed by atoms with Gasteiger partial charge in [0.2, 0.25) is 0 Å². The molecule has 0 atom stereocenters. The number of imidazole rings is 1. The Kier molecular flexibility index (Phi) is 2.12. The molecule has 0 amide bonds. The summed E-state index contributed by atoms with van der Waals surface area (Å²) in [6, 6.07) is 8.37. The fourth-order valence-corrected chi connectivity index (χ4v) is 1.61. The normalized spacial score (nSPS) is 10.5. The molecule has 0 unspecified atom stereocenters. The minimum absolute atomic E-state index is 1.04. The van der Waals surface area contributed by atoms with Crippen molar-refractivity contribution in [2.75, 3.05) is 0 Å². The van der Waals surface area contributed by atoms with Crippen molar-refractivity contribution < 1.29 is 0 Å². The SMILES string of the molecule is Cc1ccccc1-c1cnc(C)n1C. The summed E-state index contributed by atoms with van der Waals surface area (Å²) in [5.41, 5.74) is 3.73. The Balaban J connectivity index is 2.60. The van der Waals surface area contributed by atoms with Gasteiger partial charge in [-0.25, -0.2) is 4.98 Å². The van der Waals surface area contributed by atoms with E-state index in [1.165, 1.54) is 16.8 Å². The van der Waals surface area contributed by atoms with E-state index in [1.54, 1.807) is 0 Å². The zero-order valence-corrected chi connectivity index (χ0v) is 8.78. The van der Waals surface area contributed by atoms with Crippen LogP contribution in [-0.2, 0) is 7.05 Å². The molecular formula is C12H14N2. The Morgan fingerprint density at radius 1 is 1.14 bits per heavy atom. The lowest BCUT2D eigenvalue weighted by molar-refractivity contribution is 0.864. The molecule has 14 heavy (non-hydrogen) atoms. The van der Waals surface area contributed by atoms with E-state index in [0.717, 1.165) is 5.82 Å². The summed E-state index contributed by atoms with van der Waals surface area (Å²) < 4.78 is 2.11. The van der Waals surface area contributed by atoms with Gasteiger partial charge >= 0.3 is 0 Å². The highest BCUT2D eigenvalue weighted by molar-refractivity contribution is 5.63. The molecule has 1 aromatic heterocycles. The average Bonchev–Trinajstić information content (AvgIpc) is 2.49. The second-order valence-corrected chi connectivity index (χ2v) is 3.56. The van der Waals surface area contributed by atoms with Gasteiger partial charge in [0.15, 0.2) is 0 Å². The summed E-state index contributed by atoms with van der Waals surface area (Å²) in [7, 11) is 2.05. The van der Waals surface area contributed by atoms with Crippen LogP contribution in [0.3, 0.4) is 0 Å². The van der Waals surface area contributed by atoms with Gasteiger partial charge in [-0.2, -0.15) is 0 Å². The summed E-state index contributed by atoms with van der Waals surface area (Å²) in [5, 5.41) is 0. The largest absolute Gasteiger partial charge is 0.331 e. The van der Waals surface area contributed by atoms with Gasteiger partial charge in [-0.1, -0.05) is 24.3 Å². The van der Waals surface area contributed by atoms with E-state index >= 15 is 0 Å². The van der Waals surface area contributed by atoms with E-state index in [0.29, 0.717) is 0 Å². The second kappa shape index (κ2) is 3.29. The number of aryl methyl sites for hydroxylation is 2. The molecule has 1 heterocycles. The molecule has 0 bridgehead atoms. The maximum Gasteiger partial charge on any atom is 0.105 e. The van der Waals surface area contributed by atoms with Crippen LogP contribution in [0.2, 0.25) is 0 Å². The van der Waals surface area contributed by atoms with Crippen molar-refractivity contribution in [1.82, 2.24) is 9.55 Å². The van der Waals surface area contributed by atoms with Crippen LogP contribution in [0.1, 0.15) is 11.4 Å². The summed E-state index contributed by atoms with van der Waals surface area (Å²) in [6.45, 7) is 4.14. The molecule has 0 fully saturated rings. The molecule has 0 N–H and O–H groups in total. The number of benzene rings is 1. The Bertz CT molecular complexity index is 455. The predicted octanol–water partition coefficient (Wildman–Crippen LogP) is 2.70. The minimum Gasteiger partial charge on any atom is -0.331 e. The zero-order chi connectivity index (χ0) is 10.1. The van der Waals surface area contributed by atoms with Crippen LogP contribution < -0.4 is 0 Å². The fourth-order valence-electron chi connectivity index (χ4n) is 1.61. The smallest absolute Gasteiger partial charge is 0.105 e. The van der Waals surface area contributed by atoms with Gasteiger partial charge in [-0.3, -0.25) is 0 Å². The van der Waals surface area contributed by atoms with E-state index < -0.39 is 0 Å². The number of rotatable bonds is 1. The first-order valence-electron chi connectivity index (χ1n) is 4.74. The minimum atomic E-state index is 1.04. The fraction of sp³-hybridized carbons (Fsp3) is 0.250. The first-order valence-corrected chi connectivity index (χ1v) is 4.74. The summed E-state index contributed by atoms with van der Waals surface area (Å²) in [5.74, 6) is 1.04. The molecule has 0 aliphatic carbocycles. The third-order valence-corrected chi connectivity index (χ3v) is 2.64. The Morgan fingerprint density at radius 3 is 2.43 bits per heavy atom. The Hall–Kier alpha value is -1.57. The van der Waals surface area contributed by atoms with Crippen molar-refractivity contribution in [3.05, 3.63) is 41.9 Å². The van der Waals surface area contributed by atoms with Gasteiger partial charge in [0, 0.05) is 12.6 Å². The molecule has 2 nitrogen and oxygen atoms in total. The summed E-state index contributed by atoms with van der Waals surface area (Å²) in [6.07, 6.45) is 1.93. The van der Waals surface area contributed by atoms with Gasteiger partial charge in [-0.05, 0) is 19.4 Å². The molecule has 1 aromatic carbocycles. The molecule has 2 rings (SSSR count). The van der Waals surface area contributed by atoms with Gasteiger partial charge < -0.3 is 4.57 Å². The number of aromatic nitrogens is 2. The highest BCUT2D eigenvalue weighted by Gasteiger charge is 2.06. The summed E-state index contributed by atoms with van der Waals surface area (Å²) in [4.78, 5) is 4.30. The first-order chi connectivity index (χ1) is 6.70. The predicted molar refractivity (Wildman–Crippen MR) is 58.1 cm³/mol. The number of hydrogen-bond donors (Lipinski definition) is 0. The molecule has 0 radical (unpaired) electrons. The van der Waals surface area contributed by atoms with Crippen LogP contribution in [0.5, 0.6) is 0 Å².